The number of fused-ring (bicyclic) bond motifs is 1. The number of hydrogen-bond donors (Lipinski definition) is 2. The van der Waals surface area contributed by atoms with Crippen LogP contribution in [0.5, 0.6) is 5.75 Å². The normalized spacial score (nSPS) is 12.4. The fraction of sp³-hybridized carbons (Fsp3) is 0.176. The maximum absolute atomic E-state index is 9.35. The standard InChI is InChI=1S/C17H17N3O/c1-18-16(10-12-2-5-14(21)6-3-12)13-4-7-15-17(11-13)20-9-8-19-15/h2-9,11,16,18,21H,10H2,1H3. The first kappa shape index (κ1) is 13.5. The average Bonchev–Trinajstić information content (AvgIpc) is 2.54. The summed E-state index contributed by atoms with van der Waals surface area (Å²) in [6, 6.07) is 13.7. The van der Waals surface area contributed by atoms with Crippen LogP contribution in [0.2, 0.25) is 0 Å². The topological polar surface area (TPSA) is 58.0 Å². The van der Waals surface area contributed by atoms with Crippen molar-refractivity contribution in [3.8, 4) is 5.75 Å². The number of phenolic OH excluding ortho intramolecular Hbond substituents is 1. The van der Waals surface area contributed by atoms with Crippen LogP contribution in [0.25, 0.3) is 11.0 Å². The van der Waals surface area contributed by atoms with Gasteiger partial charge in [-0.1, -0.05) is 18.2 Å². The highest BCUT2D eigenvalue weighted by Crippen LogP contribution is 2.22. The molecule has 3 rings (SSSR count). The van der Waals surface area contributed by atoms with Crippen LogP contribution in [0, 0.1) is 0 Å². The lowest BCUT2D eigenvalue weighted by molar-refractivity contribution is 0.475. The Balaban J connectivity index is 1.88. The van der Waals surface area contributed by atoms with Crippen molar-refractivity contribution in [2.75, 3.05) is 7.05 Å². The maximum Gasteiger partial charge on any atom is 0.115 e. The van der Waals surface area contributed by atoms with E-state index in [4.69, 9.17) is 0 Å². The minimum Gasteiger partial charge on any atom is -0.508 e. The monoisotopic (exact) mass is 279 g/mol. The maximum atomic E-state index is 9.35. The molecule has 4 nitrogen and oxygen atoms in total. The number of phenols is 1. The van der Waals surface area contributed by atoms with Crippen LogP contribution in [0.4, 0.5) is 0 Å². The van der Waals surface area contributed by atoms with Crippen molar-refractivity contribution in [3.05, 3.63) is 66.0 Å². The van der Waals surface area contributed by atoms with Crippen molar-refractivity contribution >= 4 is 11.0 Å². The molecule has 3 aromatic rings. The second-order valence-corrected chi connectivity index (χ2v) is 5.02. The Morgan fingerprint density at radius 3 is 2.43 bits per heavy atom. The molecular weight excluding hydrogens is 262 g/mol. The molecule has 0 amide bonds. The Bertz CT molecular complexity index is 740. The highest BCUT2D eigenvalue weighted by atomic mass is 16.3. The van der Waals surface area contributed by atoms with E-state index in [2.05, 4.69) is 27.4 Å². The molecule has 1 unspecified atom stereocenters. The third kappa shape index (κ3) is 3.01. The molecule has 0 fully saturated rings. The average molecular weight is 279 g/mol. The smallest absolute Gasteiger partial charge is 0.115 e. The summed E-state index contributed by atoms with van der Waals surface area (Å²) in [5.74, 6) is 0.292. The van der Waals surface area contributed by atoms with Gasteiger partial charge in [-0.05, 0) is 48.9 Å². The van der Waals surface area contributed by atoms with Gasteiger partial charge in [-0.25, -0.2) is 0 Å². The molecule has 106 valence electrons. The first-order chi connectivity index (χ1) is 10.3. The first-order valence-electron chi connectivity index (χ1n) is 6.92. The van der Waals surface area contributed by atoms with Gasteiger partial charge in [-0.15, -0.1) is 0 Å². The summed E-state index contributed by atoms with van der Waals surface area (Å²) in [4.78, 5) is 8.64. The van der Waals surface area contributed by atoms with E-state index in [0.29, 0.717) is 5.75 Å². The van der Waals surface area contributed by atoms with Crippen molar-refractivity contribution in [1.29, 1.82) is 0 Å². The number of rotatable bonds is 4. The Morgan fingerprint density at radius 1 is 1.00 bits per heavy atom. The van der Waals surface area contributed by atoms with Crippen molar-refractivity contribution < 1.29 is 5.11 Å². The number of hydrogen-bond acceptors (Lipinski definition) is 4. The SMILES string of the molecule is CNC(Cc1ccc(O)cc1)c1ccc2nccnc2c1. The molecule has 1 aromatic heterocycles. The van der Waals surface area contributed by atoms with Gasteiger partial charge in [0.05, 0.1) is 11.0 Å². The molecule has 1 atom stereocenters. The molecule has 2 N–H and O–H groups in total. The van der Waals surface area contributed by atoms with E-state index in [1.165, 1.54) is 11.1 Å². The lowest BCUT2D eigenvalue weighted by Gasteiger charge is -2.17. The summed E-state index contributed by atoms with van der Waals surface area (Å²) < 4.78 is 0. The van der Waals surface area contributed by atoms with Crippen molar-refractivity contribution in [2.45, 2.75) is 12.5 Å². The zero-order valence-corrected chi connectivity index (χ0v) is 11.8. The summed E-state index contributed by atoms with van der Waals surface area (Å²) in [6.07, 6.45) is 4.26. The van der Waals surface area contributed by atoms with Gasteiger partial charge >= 0.3 is 0 Å². The molecule has 21 heavy (non-hydrogen) atoms. The van der Waals surface area contributed by atoms with Crippen molar-refractivity contribution in [3.63, 3.8) is 0 Å². The quantitative estimate of drug-likeness (QED) is 0.771. The van der Waals surface area contributed by atoms with Crippen LogP contribution in [0.15, 0.2) is 54.9 Å². The molecular formula is C17H17N3O. The number of nitrogens with one attached hydrogen (secondary N) is 1. The molecule has 2 aromatic carbocycles. The van der Waals surface area contributed by atoms with Crippen molar-refractivity contribution in [1.82, 2.24) is 15.3 Å². The zero-order chi connectivity index (χ0) is 14.7. The third-order valence-electron chi connectivity index (χ3n) is 3.62. The molecule has 0 aliphatic carbocycles. The summed E-state index contributed by atoms with van der Waals surface area (Å²) in [5.41, 5.74) is 4.16. The molecule has 0 saturated heterocycles. The van der Waals surface area contributed by atoms with E-state index < -0.39 is 0 Å². The lowest BCUT2D eigenvalue weighted by Crippen LogP contribution is -2.18. The Kier molecular flexibility index (Phi) is 3.79. The highest BCUT2D eigenvalue weighted by Gasteiger charge is 2.11. The Hall–Kier alpha value is -2.46. The first-order valence-corrected chi connectivity index (χ1v) is 6.92. The van der Waals surface area contributed by atoms with E-state index >= 15 is 0 Å². The van der Waals surface area contributed by atoms with Gasteiger partial charge in [-0.2, -0.15) is 0 Å². The van der Waals surface area contributed by atoms with E-state index in [1.807, 2.05) is 25.2 Å². The molecule has 1 heterocycles. The number of nitrogens with zero attached hydrogens (tertiary/aromatic N) is 2. The second kappa shape index (κ2) is 5.89. The highest BCUT2D eigenvalue weighted by molar-refractivity contribution is 5.74. The molecule has 0 saturated carbocycles. The molecule has 4 heteroatoms. The van der Waals surface area contributed by atoms with Gasteiger partial charge in [0.1, 0.15) is 5.75 Å². The number of aromatic nitrogens is 2. The van der Waals surface area contributed by atoms with Crippen LogP contribution >= 0.6 is 0 Å². The molecule has 0 radical (unpaired) electrons. The van der Waals surface area contributed by atoms with E-state index in [-0.39, 0.29) is 6.04 Å². The van der Waals surface area contributed by atoms with E-state index in [9.17, 15) is 5.11 Å². The summed E-state index contributed by atoms with van der Waals surface area (Å²) in [7, 11) is 1.95. The summed E-state index contributed by atoms with van der Waals surface area (Å²) in [5, 5.41) is 12.7. The zero-order valence-electron chi connectivity index (χ0n) is 11.8. The Labute approximate surface area is 123 Å². The van der Waals surface area contributed by atoms with Gasteiger partial charge in [0, 0.05) is 18.4 Å². The number of aromatic hydroxyl groups is 1. The van der Waals surface area contributed by atoms with Gasteiger partial charge in [-0.3, -0.25) is 9.97 Å². The molecule has 0 bridgehead atoms. The summed E-state index contributed by atoms with van der Waals surface area (Å²) >= 11 is 0. The molecule has 0 aliphatic heterocycles. The van der Waals surface area contributed by atoms with E-state index in [1.54, 1.807) is 24.5 Å². The van der Waals surface area contributed by atoms with Crippen LogP contribution < -0.4 is 5.32 Å². The van der Waals surface area contributed by atoms with Crippen LogP contribution in [-0.2, 0) is 6.42 Å². The van der Waals surface area contributed by atoms with E-state index in [0.717, 1.165) is 17.5 Å². The fourth-order valence-electron chi connectivity index (χ4n) is 2.45. The second-order valence-electron chi connectivity index (χ2n) is 5.02. The van der Waals surface area contributed by atoms with Gasteiger partial charge in [0.25, 0.3) is 0 Å². The lowest BCUT2D eigenvalue weighted by atomic mass is 9.98. The van der Waals surface area contributed by atoms with Crippen LogP contribution in [0.1, 0.15) is 17.2 Å². The largest absolute Gasteiger partial charge is 0.508 e. The number of likely N-dealkylation sites (N-methyl/N-ethyl adjacent to an activating group) is 1. The van der Waals surface area contributed by atoms with Gasteiger partial charge in [0.15, 0.2) is 0 Å². The minimum absolute atomic E-state index is 0.195. The van der Waals surface area contributed by atoms with Crippen molar-refractivity contribution in [2.24, 2.45) is 0 Å². The predicted molar refractivity (Wildman–Crippen MR) is 83.1 cm³/mol. The Morgan fingerprint density at radius 2 is 1.71 bits per heavy atom. The van der Waals surface area contributed by atoms with Crippen LogP contribution in [-0.4, -0.2) is 22.1 Å². The summed E-state index contributed by atoms with van der Waals surface area (Å²) in [6.45, 7) is 0. The number of benzene rings is 2. The van der Waals surface area contributed by atoms with Gasteiger partial charge < -0.3 is 10.4 Å². The van der Waals surface area contributed by atoms with Crippen LogP contribution in [0.3, 0.4) is 0 Å². The fourth-order valence-corrected chi connectivity index (χ4v) is 2.45. The molecule has 0 aliphatic rings. The van der Waals surface area contributed by atoms with Gasteiger partial charge in [0.2, 0.25) is 0 Å². The molecule has 0 spiro atoms. The third-order valence-corrected chi connectivity index (χ3v) is 3.62. The predicted octanol–water partition coefficient (Wildman–Crippen LogP) is 2.84. The minimum atomic E-state index is 0.195.